The molecular weight excluding hydrogens is 296 g/mol. The molecule has 0 aliphatic carbocycles. The number of ether oxygens (including phenoxy) is 1. The van der Waals surface area contributed by atoms with E-state index in [-0.39, 0.29) is 19.8 Å². The van der Waals surface area contributed by atoms with Gasteiger partial charge in [0.05, 0.1) is 6.61 Å². The minimum atomic E-state index is -3.51. The van der Waals surface area contributed by atoms with Crippen molar-refractivity contribution in [2.24, 2.45) is 0 Å². The maximum absolute atomic E-state index is 11.7. The molecule has 0 spiro atoms. The Balaban J connectivity index is 4.64. The molecule has 0 amide bonds. The van der Waals surface area contributed by atoms with Crippen molar-refractivity contribution in [3.63, 3.8) is 0 Å². The minimum absolute atomic E-state index is 0.280. The van der Waals surface area contributed by atoms with Crippen LogP contribution in [0, 0.1) is 0 Å². The van der Waals surface area contributed by atoms with Gasteiger partial charge in [-0.1, -0.05) is 6.92 Å². The summed E-state index contributed by atoms with van der Waals surface area (Å²) in [7, 11) is -3.51. The van der Waals surface area contributed by atoms with Crippen LogP contribution in [0.25, 0.3) is 0 Å². The number of hydrogen-bond acceptors (Lipinski definition) is 7. The average molecular weight is 320 g/mol. The second-order valence-corrected chi connectivity index (χ2v) is 5.79. The van der Waals surface area contributed by atoms with Crippen molar-refractivity contribution >= 4 is 21.0 Å². The van der Waals surface area contributed by atoms with Crippen molar-refractivity contribution in [3.05, 3.63) is 12.2 Å². The smallest absolute Gasteiger partial charge is 0.463 e. The Morgan fingerprint density at radius 1 is 0.857 bits per heavy atom. The van der Waals surface area contributed by atoms with Crippen LogP contribution in [0.4, 0.5) is 0 Å². The lowest BCUT2D eigenvalue weighted by Gasteiger charge is -2.25. The molecule has 0 radical (unpaired) electrons. The average Bonchev–Trinajstić information content (AvgIpc) is 2.43. The highest BCUT2D eigenvalue weighted by Crippen LogP contribution is 2.12. The normalized spacial score (nSPS) is 11.6. The Labute approximate surface area is 126 Å². The number of hydrogen-bond donors (Lipinski definition) is 0. The Morgan fingerprint density at radius 2 is 1.33 bits per heavy atom. The van der Waals surface area contributed by atoms with Gasteiger partial charge in [0, 0.05) is 32.0 Å². The zero-order chi connectivity index (χ0) is 16.1. The molecule has 0 aromatic heterocycles. The molecule has 122 valence electrons. The monoisotopic (exact) mass is 320 g/mol. The van der Waals surface area contributed by atoms with Gasteiger partial charge in [-0.2, -0.15) is 0 Å². The van der Waals surface area contributed by atoms with Crippen molar-refractivity contribution in [2.45, 2.75) is 34.1 Å². The molecule has 0 saturated carbocycles. The van der Waals surface area contributed by atoms with Crippen molar-refractivity contribution < 1.29 is 32.0 Å². The number of carbonyl (C=O) groups is 2. The van der Waals surface area contributed by atoms with E-state index in [9.17, 15) is 9.59 Å². The molecule has 0 N–H and O–H groups in total. The van der Waals surface area contributed by atoms with E-state index in [4.69, 9.17) is 22.4 Å². The van der Waals surface area contributed by atoms with Crippen LogP contribution in [0.3, 0.4) is 0 Å². The van der Waals surface area contributed by atoms with E-state index in [1.54, 1.807) is 20.8 Å². The van der Waals surface area contributed by atoms with Gasteiger partial charge < -0.3 is 22.4 Å². The van der Waals surface area contributed by atoms with Gasteiger partial charge in [0.2, 0.25) is 0 Å². The first-order valence-electron chi connectivity index (χ1n) is 7.03. The standard InChI is InChI=1S/C13H24O7Si/c1-5-11-16-12(14)9-10-13(15)20-21(17-6-2,18-7-3)19-8-4/h9-10H,5-8,11H2,1-4H3/b10-9+. The summed E-state index contributed by atoms with van der Waals surface area (Å²) in [5.41, 5.74) is 0. The van der Waals surface area contributed by atoms with E-state index in [2.05, 4.69) is 0 Å². The van der Waals surface area contributed by atoms with E-state index < -0.39 is 21.0 Å². The Morgan fingerprint density at radius 3 is 1.76 bits per heavy atom. The third-order valence-electron chi connectivity index (χ3n) is 1.99. The van der Waals surface area contributed by atoms with Gasteiger partial charge in [0.25, 0.3) is 0 Å². The molecule has 21 heavy (non-hydrogen) atoms. The van der Waals surface area contributed by atoms with Gasteiger partial charge >= 0.3 is 21.0 Å². The summed E-state index contributed by atoms with van der Waals surface area (Å²) >= 11 is 0. The fourth-order valence-electron chi connectivity index (χ4n) is 1.29. The first-order valence-corrected chi connectivity index (χ1v) is 8.66. The van der Waals surface area contributed by atoms with Crippen LogP contribution in [-0.2, 0) is 32.0 Å². The molecule has 0 atom stereocenters. The predicted octanol–water partition coefficient (Wildman–Crippen LogP) is 1.58. The zero-order valence-electron chi connectivity index (χ0n) is 13.0. The Bertz CT molecular complexity index is 326. The molecule has 0 bridgehead atoms. The van der Waals surface area contributed by atoms with Gasteiger partial charge in [0.15, 0.2) is 0 Å². The number of esters is 1. The van der Waals surface area contributed by atoms with Crippen LogP contribution in [0.15, 0.2) is 12.2 Å². The lowest BCUT2D eigenvalue weighted by molar-refractivity contribution is -0.141. The van der Waals surface area contributed by atoms with Crippen molar-refractivity contribution in [2.75, 3.05) is 26.4 Å². The first-order chi connectivity index (χ1) is 10.0. The maximum atomic E-state index is 11.7. The fraction of sp³-hybridized carbons (Fsp3) is 0.692. The predicted molar refractivity (Wildman–Crippen MR) is 77.1 cm³/mol. The largest absolute Gasteiger partial charge is 0.751 e. The van der Waals surface area contributed by atoms with Crippen LogP contribution < -0.4 is 0 Å². The van der Waals surface area contributed by atoms with Gasteiger partial charge in [0.1, 0.15) is 0 Å². The third kappa shape index (κ3) is 8.61. The molecule has 0 aliphatic heterocycles. The van der Waals surface area contributed by atoms with Crippen LogP contribution in [0.5, 0.6) is 0 Å². The second-order valence-electron chi connectivity index (χ2n) is 3.72. The fourth-order valence-corrected chi connectivity index (χ4v) is 3.09. The first kappa shape index (κ1) is 19.8. The van der Waals surface area contributed by atoms with E-state index in [1.807, 2.05) is 6.92 Å². The highest BCUT2D eigenvalue weighted by molar-refractivity contribution is 6.55. The summed E-state index contributed by atoms with van der Waals surface area (Å²) in [5, 5.41) is 0. The SMILES string of the molecule is CCCOC(=O)/C=C/C(=O)O[Si](OCC)(OCC)OCC. The lowest BCUT2D eigenvalue weighted by atomic mass is 10.5. The number of rotatable bonds is 11. The van der Waals surface area contributed by atoms with Crippen LogP contribution in [-0.4, -0.2) is 47.4 Å². The molecule has 0 unspecified atom stereocenters. The molecule has 7 nitrogen and oxygen atoms in total. The van der Waals surface area contributed by atoms with Gasteiger partial charge in [-0.15, -0.1) is 0 Å². The molecule has 0 fully saturated rings. The van der Waals surface area contributed by atoms with Crippen LogP contribution >= 0.6 is 0 Å². The summed E-state index contributed by atoms with van der Waals surface area (Å²) in [4.78, 5) is 23.0. The third-order valence-corrected chi connectivity index (χ3v) is 4.37. The summed E-state index contributed by atoms with van der Waals surface area (Å²) in [6.07, 6.45) is 2.68. The van der Waals surface area contributed by atoms with Crippen molar-refractivity contribution in [3.8, 4) is 0 Å². The van der Waals surface area contributed by atoms with Gasteiger partial charge in [-0.05, 0) is 27.2 Å². The molecule has 0 aliphatic rings. The quantitative estimate of drug-likeness (QED) is 0.325. The Kier molecular flexibility index (Phi) is 10.8. The zero-order valence-corrected chi connectivity index (χ0v) is 14.0. The molecule has 0 aromatic carbocycles. The molecule has 0 heterocycles. The van der Waals surface area contributed by atoms with E-state index in [0.717, 1.165) is 12.2 Å². The summed E-state index contributed by atoms with van der Waals surface area (Å²) in [6, 6.07) is 0. The molecule has 0 saturated heterocycles. The van der Waals surface area contributed by atoms with Crippen LogP contribution in [0.1, 0.15) is 34.1 Å². The summed E-state index contributed by atoms with van der Waals surface area (Å²) in [6.45, 7) is 8.24. The highest BCUT2D eigenvalue weighted by atomic mass is 28.4. The second kappa shape index (κ2) is 11.4. The van der Waals surface area contributed by atoms with E-state index in [1.165, 1.54) is 0 Å². The van der Waals surface area contributed by atoms with Crippen molar-refractivity contribution in [1.82, 2.24) is 0 Å². The highest BCUT2D eigenvalue weighted by Gasteiger charge is 2.48. The topological polar surface area (TPSA) is 80.3 Å². The van der Waals surface area contributed by atoms with Crippen LogP contribution in [0.2, 0.25) is 0 Å². The maximum Gasteiger partial charge on any atom is 0.751 e. The van der Waals surface area contributed by atoms with Crippen molar-refractivity contribution in [1.29, 1.82) is 0 Å². The molecule has 0 aromatic rings. The Hall–Kier alpha value is -1.22. The molecule has 0 rings (SSSR count). The van der Waals surface area contributed by atoms with Gasteiger partial charge in [-0.3, -0.25) is 0 Å². The molecule has 8 heteroatoms. The van der Waals surface area contributed by atoms with Gasteiger partial charge in [-0.25, -0.2) is 9.59 Å². The summed E-state index contributed by atoms with van der Waals surface area (Å²) in [5.74, 6) is -1.38. The minimum Gasteiger partial charge on any atom is -0.463 e. The number of carbonyl (C=O) groups excluding carboxylic acids is 2. The lowest BCUT2D eigenvalue weighted by Crippen LogP contribution is -2.50. The van der Waals surface area contributed by atoms with E-state index in [0.29, 0.717) is 13.0 Å². The summed E-state index contributed by atoms with van der Waals surface area (Å²) < 4.78 is 26.0. The molecular formula is C13H24O7Si. The van der Waals surface area contributed by atoms with E-state index >= 15 is 0 Å².